The Morgan fingerprint density at radius 2 is 0.969 bits per heavy atom. The number of hydrogen-bond donors (Lipinski definition) is 1. The zero-order valence-electron chi connectivity index (χ0n) is 18.3. The lowest BCUT2D eigenvalue weighted by atomic mass is 10.2. The van der Waals surface area contributed by atoms with Gasteiger partial charge in [0.1, 0.15) is 17.2 Å². The Morgan fingerprint density at radius 1 is 0.562 bits per heavy atom. The highest BCUT2D eigenvalue weighted by Gasteiger charge is 2.12. The SMILES string of the molecule is CC(C)C(O)Oc1ccc(Oc2ccc(N(c3ccccc3)c3ccccc3)cc2)cc1. The molecule has 1 atom stereocenters. The molecule has 4 nitrogen and oxygen atoms in total. The van der Waals surface area contributed by atoms with Crippen molar-refractivity contribution in [3.8, 4) is 17.2 Å². The number of para-hydroxylation sites is 2. The van der Waals surface area contributed by atoms with E-state index in [0.29, 0.717) is 11.5 Å². The number of rotatable bonds is 8. The van der Waals surface area contributed by atoms with Gasteiger partial charge < -0.3 is 19.5 Å². The lowest BCUT2D eigenvalue weighted by Crippen LogP contribution is -2.21. The first-order valence-electron chi connectivity index (χ1n) is 10.7. The van der Waals surface area contributed by atoms with Crippen LogP contribution in [0.25, 0.3) is 0 Å². The molecule has 0 aliphatic rings. The standard InChI is InChI=1S/C28H27NO3/c1-21(2)28(30)32-27-19-17-26(18-20-27)31-25-15-13-24(14-16-25)29(22-9-5-3-6-10-22)23-11-7-4-8-12-23/h3-21,28,30H,1-2H3. The van der Waals surface area contributed by atoms with Gasteiger partial charge in [0.25, 0.3) is 0 Å². The molecular formula is C28H27NO3. The Bertz CT molecular complexity index is 1060. The Balaban J connectivity index is 1.51. The fourth-order valence-corrected chi connectivity index (χ4v) is 3.26. The van der Waals surface area contributed by atoms with Crippen molar-refractivity contribution in [3.63, 3.8) is 0 Å². The first kappa shape index (κ1) is 21.5. The van der Waals surface area contributed by atoms with Crippen molar-refractivity contribution in [1.82, 2.24) is 0 Å². The van der Waals surface area contributed by atoms with Gasteiger partial charge >= 0.3 is 0 Å². The smallest absolute Gasteiger partial charge is 0.199 e. The molecule has 4 rings (SSSR count). The van der Waals surface area contributed by atoms with E-state index in [0.717, 1.165) is 22.8 Å². The molecule has 0 saturated heterocycles. The van der Waals surface area contributed by atoms with Crippen LogP contribution in [0, 0.1) is 5.92 Å². The summed E-state index contributed by atoms with van der Waals surface area (Å²) in [6, 6.07) is 35.8. The maximum Gasteiger partial charge on any atom is 0.199 e. The molecule has 1 N–H and O–H groups in total. The number of benzene rings is 4. The summed E-state index contributed by atoms with van der Waals surface area (Å²) in [7, 11) is 0. The van der Waals surface area contributed by atoms with Crippen LogP contribution >= 0.6 is 0 Å². The van der Waals surface area contributed by atoms with Gasteiger partial charge in [0.15, 0.2) is 6.29 Å². The van der Waals surface area contributed by atoms with Gasteiger partial charge in [-0.3, -0.25) is 0 Å². The zero-order chi connectivity index (χ0) is 22.3. The van der Waals surface area contributed by atoms with Crippen molar-refractivity contribution < 1.29 is 14.6 Å². The fraction of sp³-hybridized carbons (Fsp3) is 0.143. The van der Waals surface area contributed by atoms with Gasteiger partial charge in [0.05, 0.1) is 0 Å². The molecule has 4 aromatic rings. The van der Waals surface area contributed by atoms with Crippen LogP contribution in [0.4, 0.5) is 17.1 Å². The third kappa shape index (κ3) is 5.29. The molecule has 0 bridgehead atoms. The minimum Gasteiger partial charge on any atom is -0.465 e. The number of anilines is 3. The second kappa shape index (κ2) is 10.0. The molecule has 0 heterocycles. The van der Waals surface area contributed by atoms with Crippen molar-refractivity contribution in [3.05, 3.63) is 109 Å². The molecule has 0 radical (unpaired) electrons. The lowest BCUT2D eigenvalue weighted by Gasteiger charge is -2.25. The van der Waals surface area contributed by atoms with Gasteiger partial charge in [-0.15, -0.1) is 0 Å². The topological polar surface area (TPSA) is 41.9 Å². The highest BCUT2D eigenvalue weighted by atomic mass is 16.6. The minimum atomic E-state index is -0.827. The molecule has 0 saturated carbocycles. The van der Waals surface area contributed by atoms with Crippen LogP contribution in [-0.4, -0.2) is 11.4 Å². The van der Waals surface area contributed by atoms with Crippen molar-refractivity contribution >= 4 is 17.1 Å². The summed E-state index contributed by atoms with van der Waals surface area (Å²) in [4.78, 5) is 2.20. The Kier molecular flexibility index (Phi) is 6.73. The van der Waals surface area contributed by atoms with Gasteiger partial charge in [-0.1, -0.05) is 50.2 Å². The van der Waals surface area contributed by atoms with Gasteiger partial charge in [-0.2, -0.15) is 0 Å². The summed E-state index contributed by atoms with van der Waals surface area (Å²) in [5.74, 6) is 2.07. The molecule has 0 amide bonds. The van der Waals surface area contributed by atoms with Crippen LogP contribution in [0.1, 0.15) is 13.8 Å². The van der Waals surface area contributed by atoms with E-state index in [1.807, 2.05) is 86.6 Å². The summed E-state index contributed by atoms with van der Waals surface area (Å²) >= 11 is 0. The van der Waals surface area contributed by atoms with Gasteiger partial charge in [0, 0.05) is 23.0 Å². The summed E-state index contributed by atoms with van der Waals surface area (Å²) in [6.45, 7) is 3.81. The van der Waals surface area contributed by atoms with Crippen LogP contribution in [0.2, 0.25) is 0 Å². The third-order valence-corrected chi connectivity index (χ3v) is 5.01. The Hall–Kier alpha value is -3.76. The monoisotopic (exact) mass is 425 g/mol. The molecule has 1 unspecified atom stereocenters. The predicted molar refractivity (Wildman–Crippen MR) is 129 cm³/mol. The fourth-order valence-electron chi connectivity index (χ4n) is 3.26. The van der Waals surface area contributed by atoms with Crippen molar-refractivity contribution in [2.45, 2.75) is 20.1 Å². The van der Waals surface area contributed by atoms with E-state index in [-0.39, 0.29) is 5.92 Å². The van der Waals surface area contributed by atoms with Crippen LogP contribution < -0.4 is 14.4 Å². The minimum absolute atomic E-state index is 0.0239. The van der Waals surface area contributed by atoms with E-state index in [2.05, 4.69) is 29.2 Å². The van der Waals surface area contributed by atoms with E-state index in [4.69, 9.17) is 9.47 Å². The number of ether oxygens (including phenoxy) is 2. The van der Waals surface area contributed by atoms with Crippen LogP contribution in [0.5, 0.6) is 17.2 Å². The van der Waals surface area contributed by atoms with Crippen LogP contribution in [0.3, 0.4) is 0 Å². The van der Waals surface area contributed by atoms with E-state index in [9.17, 15) is 5.11 Å². The second-order valence-electron chi connectivity index (χ2n) is 7.83. The highest BCUT2D eigenvalue weighted by molar-refractivity contribution is 5.76. The maximum absolute atomic E-state index is 9.86. The van der Waals surface area contributed by atoms with Gasteiger partial charge in [-0.05, 0) is 72.8 Å². The Labute approximate surface area is 189 Å². The summed E-state index contributed by atoms with van der Waals surface area (Å²) in [6.07, 6.45) is -0.827. The molecule has 0 aliphatic heterocycles. The van der Waals surface area contributed by atoms with Gasteiger partial charge in [-0.25, -0.2) is 0 Å². The normalized spacial score (nSPS) is 11.8. The molecule has 32 heavy (non-hydrogen) atoms. The summed E-state index contributed by atoms with van der Waals surface area (Å²) in [5, 5.41) is 9.86. The molecule has 0 fully saturated rings. The van der Waals surface area contributed by atoms with E-state index in [1.165, 1.54) is 0 Å². The number of nitrogens with zero attached hydrogens (tertiary/aromatic N) is 1. The largest absolute Gasteiger partial charge is 0.465 e. The molecule has 0 aliphatic carbocycles. The van der Waals surface area contributed by atoms with Crippen molar-refractivity contribution in [1.29, 1.82) is 0 Å². The first-order valence-corrected chi connectivity index (χ1v) is 10.7. The number of aliphatic hydroxyl groups is 1. The van der Waals surface area contributed by atoms with Crippen LogP contribution in [0.15, 0.2) is 109 Å². The first-order chi connectivity index (χ1) is 15.6. The summed E-state index contributed by atoms with van der Waals surface area (Å²) < 4.78 is 11.5. The quantitative estimate of drug-likeness (QED) is 0.301. The molecule has 4 aromatic carbocycles. The molecule has 162 valence electrons. The molecule has 0 spiro atoms. The van der Waals surface area contributed by atoms with E-state index < -0.39 is 6.29 Å². The van der Waals surface area contributed by atoms with Crippen molar-refractivity contribution in [2.24, 2.45) is 5.92 Å². The number of hydrogen-bond acceptors (Lipinski definition) is 4. The molecular weight excluding hydrogens is 398 g/mol. The second-order valence-corrected chi connectivity index (χ2v) is 7.83. The lowest BCUT2D eigenvalue weighted by molar-refractivity contribution is -0.0515. The molecule has 4 heteroatoms. The molecule has 0 aromatic heterocycles. The highest BCUT2D eigenvalue weighted by Crippen LogP contribution is 2.35. The van der Waals surface area contributed by atoms with Crippen molar-refractivity contribution in [2.75, 3.05) is 4.90 Å². The predicted octanol–water partition coefficient (Wildman–Crippen LogP) is 7.30. The van der Waals surface area contributed by atoms with Crippen LogP contribution in [-0.2, 0) is 0 Å². The third-order valence-electron chi connectivity index (χ3n) is 5.01. The average molecular weight is 426 g/mol. The maximum atomic E-state index is 9.86. The van der Waals surface area contributed by atoms with E-state index in [1.54, 1.807) is 12.1 Å². The average Bonchev–Trinajstić information content (AvgIpc) is 2.83. The summed E-state index contributed by atoms with van der Waals surface area (Å²) in [5.41, 5.74) is 3.22. The Morgan fingerprint density at radius 3 is 1.44 bits per heavy atom. The van der Waals surface area contributed by atoms with Gasteiger partial charge in [0.2, 0.25) is 0 Å². The van der Waals surface area contributed by atoms with E-state index >= 15 is 0 Å². The number of aliphatic hydroxyl groups excluding tert-OH is 1. The zero-order valence-corrected chi connectivity index (χ0v) is 18.3.